The van der Waals surface area contributed by atoms with Crippen LogP contribution in [0.5, 0.6) is 0 Å². The summed E-state index contributed by atoms with van der Waals surface area (Å²) in [4.78, 5) is 26.0. The second-order valence-electron chi connectivity index (χ2n) is 6.33. The number of hydrogen-bond donors (Lipinski definition) is 2. The standard InChI is InChI=1S/C21H26ClN3O2/c1-25(19-7-3-2-4-8-19)16-6-15-23-20(26)9-5-14-24-21(27)17-10-12-18(22)13-11-17/h2-4,7-8,10-13H,5-6,9,14-16H2,1H3,(H,23,26)(H,24,27). The van der Waals surface area contributed by atoms with Gasteiger partial charge in [0.2, 0.25) is 5.91 Å². The summed E-state index contributed by atoms with van der Waals surface area (Å²) < 4.78 is 0. The molecule has 0 heterocycles. The fraction of sp³-hybridized carbons (Fsp3) is 0.333. The lowest BCUT2D eigenvalue weighted by atomic mass is 10.2. The van der Waals surface area contributed by atoms with E-state index in [9.17, 15) is 9.59 Å². The van der Waals surface area contributed by atoms with Crippen LogP contribution in [-0.2, 0) is 4.79 Å². The van der Waals surface area contributed by atoms with Crippen molar-refractivity contribution in [2.24, 2.45) is 0 Å². The van der Waals surface area contributed by atoms with Crippen molar-refractivity contribution in [3.05, 3.63) is 65.2 Å². The largest absolute Gasteiger partial charge is 0.375 e. The van der Waals surface area contributed by atoms with Gasteiger partial charge in [-0.1, -0.05) is 29.8 Å². The molecule has 0 radical (unpaired) electrons. The van der Waals surface area contributed by atoms with E-state index in [2.05, 4.69) is 27.7 Å². The third-order valence-electron chi connectivity index (χ3n) is 4.16. The lowest BCUT2D eigenvalue weighted by Crippen LogP contribution is -2.29. The van der Waals surface area contributed by atoms with Gasteiger partial charge >= 0.3 is 0 Å². The van der Waals surface area contributed by atoms with E-state index >= 15 is 0 Å². The fourth-order valence-electron chi connectivity index (χ4n) is 2.60. The Balaban J connectivity index is 1.53. The Morgan fingerprint density at radius 1 is 0.926 bits per heavy atom. The van der Waals surface area contributed by atoms with Crippen LogP contribution in [0.2, 0.25) is 5.02 Å². The number of para-hydroxylation sites is 1. The van der Waals surface area contributed by atoms with Gasteiger partial charge in [-0.15, -0.1) is 0 Å². The van der Waals surface area contributed by atoms with E-state index in [1.54, 1.807) is 24.3 Å². The molecule has 0 aromatic heterocycles. The van der Waals surface area contributed by atoms with Crippen LogP contribution in [0.3, 0.4) is 0 Å². The molecule has 2 aromatic rings. The van der Waals surface area contributed by atoms with Crippen molar-refractivity contribution in [3.8, 4) is 0 Å². The summed E-state index contributed by atoms with van der Waals surface area (Å²) in [5.74, 6) is -0.144. The first-order valence-electron chi connectivity index (χ1n) is 9.13. The lowest BCUT2D eigenvalue weighted by Gasteiger charge is -2.19. The van der Waals surface area contributed by atoms with Crippen molar-refractivity contribution in [2.45, 2.75) is 19.3 Å². The van der Waals surface area contributed by atoms with Gasteiger partial charge in [0, 0.05) is 49.4 Å². The minimum absolute atomic E-state index is 0.0121. The van der Waals surface area contributed by atoms with Gasteiger partial charge in [-0.25, -0.2) is 0 Å². The van der Waals surface area contributed by atoms with Gasteiger partial charge in [-0.3, -0.25) is 9.59 Å². The number of nitrogens with one attached hydrogen (secondary N) is 2. The summed E-state index contributed by atoms with van der Waals surface area (Å²) in [6.07, 6.45) is 1.88. The van der Waals surface area contributed by atoms with Gasteiger partial charge < -0.3 is 15.5 Å². The fourth-order valence-corrected chi connectivity index (χ4v) is 2.72. The Kier molecular flexibility index (Phi) is 8.65. The molecule has 6 heteroatoms. The number of halogens is 1. The van der Waals surface area contributed by atoms with Gasteiger partial charge in [0.05, 0.1) is 0 Å². The molecule has 2 N–H and O–H groups in total. The van der Waals surface area contributed by atoms with E-state index in [4.69, 9.17) is 11.6 Å². The molecule has 27 heavy (non-hydrogen) atoms. The van der Waals surface area contributed by atoms with E-state index in [-0.39, 0.29) is 11.8 Å². The molecule has 5 nitrogen and oxygen atoms in total. The predicted octanol–water partition coefficient (Wildman–Crippen LogP) is 3.49. The third-order valence-corrected chi connectivity index (χ3v) is 4.41. The Labute approximate surface area is 165 Å². The predicted molar refractivity (Wildman–Crippen MR) is 110 cm³/mol. The molecule has 0 aliphatic rings. The highest BCUT2D eigenvalue weighted by molar-refractivity contribution is 6.30. The molecule has 2 amide bonds. The van der Waals surface area contributed by atoms with Crippen molar-refractivity contribution >= 4 is 29.1 Å². The maximum atomic E-state index is 11.9. The van der Waals surface area contributed by atoms with E-state index < -0.39 is 0 Å². The van der Waals surface area contributed by atoms with Crippen LogP contribution in [-0.4, -0.2) is 38.5 Å². The Morgan fingerprint density at radius 3 is 2.30 bits per heavy atom. The summed E-state index contributed by atoms with van der Waals surface area (Å²) in [6, 6.07) is 16.9. The van der Waals surface area contributed by atoms with Crippen LogP contribution in [0.4, 0.5) is 5.69 Å². The Bertz CT molecular complexity index is 720. The molecule has 0 aliphatic heterocycles. The first kappa shape index (κ1) is 20.8. The van der Waals surface area contributed by atoms with Crippen molar-refractivity contribution in [1.82, 2.24) is 10.6 Å². The second kappa shape index (κ2) is 11.2. The number of hydrogen-bond acceptors (Lipinski definition) is 3. The van der Waals surface area contributed by atoms with Crippen LogP contribution in [0.1, 0.15) is 29.6 Å². The summed E-state index contributed by atoms with van der Waals surface area (Å²) in [6.45, 7) is 1.99. The second-order valence-corrected chi connectivity index (χ2v) is 6.76. The van der Waals surface area contributed by atoms with Crippen LogP contribution in [0.25, 0.3) is 0 Å². The smallest absolute Gasteiger partial charge is 0.251 e. The zero-order chi connectivity index (χ0) is 19.5. The molecule has 0 saturated carbocycles. The van der Waals surface area contributed by atoms with Gasteiger partial charge in [0.25, 0.3) is 5.91 Å². The number of nitrogens with zero attached hydrogens (tertiary/aromatic N) is 1. The molecule has 0 bridgehead atoms. The summed E-state index contributed by atoms with van der Waals surface area (Å²) in [5.41, 5.74) is 1.73. The quantitative estimate of drug-likeness (QED) is 0.613. The zero-order valence-corrected chi connectivity index (χ0v) is 16.3. The van der Waals surface area contributed by atoms with Crippen molar-refractivity contribution in [3.63, 3.8) is 0 Å². The number of carbonyl (C=O) groups excluding carboxylic acids is 2. The van der Waals surface area contributed by atoms with Crippen molar-refractivity contribution in [2.75, 3.05) is 31.6 Å². The Morgan fingerprint density at radius 2 is 1.59 bits per heavy atom. The van der Waals surface area contributed by atoms with Gasteiger partial charge in [0.1, 0.15) is 0 Å². The molecule has 0 spiro atoms. The highest BCUT2D eigenvalue weighted by Gasteiger charge is 2.06. The van der Waals surface area contributed by atoms with Crippen LogP contribution < -0.4 is 15.5 Å². The number of amides is 2. The molecule has 0 aliphatic carbocycles. The molecule has 2 aromatic carbocycles. The van der Waals surface area contributed by atoms with Crippen LogP contribution in [0, 0.1) is 0 Å². The minimum atomic E-state index is -0.156. The number of anilines is 1. The average Bonchev–Trinajstić information content (AvgIpc) is 2.69. The van der Waals surface area contributed by atoms with Crippen molar-refractivity contribution in [1.29, 1.82) is 0 Å². The normalized spacial score (nSPS) is 10.3. The number of carbonyl (C=O) groups is 2. The van der Waals surface area contributed by atoms with E-state index in [1.807, 2.05) is 25.2 Å². The summed E-state index contributed by atoms with van der Waals surface area (Å²) in [5, 5.41) is 6.32. The zero-order valence-electron chi connectivity index (χ0n) is 15.6. The third kappa shape index (κ3) is 7.71. The molecule has 0 unspecified atom stereocenters. The molecule has 144 valence electrons. The van der Waals surface area contributed by atoms with E-state index in [0.29, 0.717) is 36.5 Å². The highest BCUT2D eigenvalue weighted by Crippen LogP contribution is 2.11. The number of benzene rings is 2. The molecular formula is C21H26ClN3O2. The highest BCUT2D eigenvalue weighted by atomic mass is 35.5. The van der Waals surface area contributed by atoms with Gasteiger partial charge in [-0.2, -0.15) is 0 Å². The molecule has 0 saturated heterocycles. The maximum Gasteiger partial charge on any atom is 0.251 e. The Hall–Kier alpha value is -2.53. The van der Waals surface area contributed by atoms with Gasteiger partial charge in [-0.05, 0) is 49.2 Å². The van der Waals surface area contributed by atoms with Crippen LogP contribution >= 0.6 is 11.6 Å². The maximum absolute atomic E-state index is 11.9. The van der Waals surface area contributed by atoms with Gasteiger partial charge in [0.15, 0.2) is 0 Å². The topological polar surface area (TPSA) is 61.4 Å². The van der Waals surface area contributed by atoms with E-state index in [1.165, 1.54) is 5.69 Å². The summed E-state index contributed by atoms with van der Waals surface area (Å²) in [7, 11) is 2.04. The van der Waals surface area contributed by atoms with Crippen molar-refractivity contribution < 1.29 is 9.59 Å². The first-order chi connectivity index (χ1) is 13.1. The summed E-state index contributed by atoms with van der Waals surface area (Å²) >= 11 is 5.80. The average molecular weight is 388 g/mol. The van der Waals surface area contributed by atoms with Crippen LogP contribution in [0.15, 0.2) is 54.6 Å². The molecule has 0 fully saturated rings. The minimum Gasteiger partial charge on any atom is -0.375 e. The monoisotopic (exact) mass is 387 g/mol. The molecule has 2 rings (SSSR count). The SMILES string of the molecule is CN(CCCNC(=O)CCCNC(=O)c1ccc(Cl)cc1)c1ccccc1. The molecular weight excluding hydrogens is 362 g/mol. The van der Waals surface area contributed by atoms with E-state index in [0.717, 1.165) is 13.0 Å². The molecule has 0 atom stereocenters. The number of rotatable bonds is 10. The first-order valence-corrected chi connectivity index (χ1v) is 9.50. The lowest BCUT2D eigenvalue weighted by molar-refractivity contribution is -0.121.